The van der Waals surface area contributed by atoms with Gasteiger partial charge in [0, 0.05) is 43.8 Å². The molecule has 29 heavy (non-hydrogen) atoms. The van der Waals surface area contributed by atoms with E-state index in [1.54, 1.807) is 6.20 Å². The first kappa shape index (κ1) is 19.4. The van der Waals surface area contributed by atoms with Crippen LogP contribution in [0.2, 0.25) is 0 Å². The van der Waals surface area contributed by atoms with E-state index in [1.165, 1.54) is 29.2 Å². The number of benzene rings is 1. The van der Waals surface area contributed by atoms with Gasteiger partial charge in [0.2, 0.25) is 5.91 Å². The second kappa shape index (κ2) is 8.21. The van der Waals surface area contributed by atoms with Crippen molar-refractivity contribution in [1.82, 2.24) is 24.9 Å². The van der Waals surface area contributed by atoms with Gasteiger partial charge in [-0.2, -0.15) is 10.2 Å². The van der Waals surface area contributed by atoms with Gasteiger partial charge in [0.05, 0.1) is 24.1 Å². The number of hydrogen-bond donors (Lipinski definition) is 2. The molecule has 3 heterocycles. The van der Waals surface area contributed by atoms with Crippen molar-refractivity contribution in [3.05, 3.63) is 53.3 Å². The highest BCUT2D eigenvalue weighted by Crippen LogP contribution is 2.29. The summed E-state index contributed by atoms with van der Waals surface area (Å²) in [5.41, 5.74) is 6.08. The van der Waals surface area contributed by atoms with E-state index in [1.807, 2.05) is 16.9 Å². The fourth-order valence-corrected chi connectivity index (χ4v) is 4.12. The number of carbonyl (C=O) groups excluding carboxylic acids is 1. The van der Waals surface area contributed by atoms with Crippen molar-refractivity contribution < 1.29 is 4.79 Å². The molecule has 1 fully saturated rings. The molecule has 1 aliphatic heterocycles. The van der Waals surface area contributed by atoms with Crippen LogP contribution in [-0.4, -0.2) is 43.9 Å². The molecule has 0 atom stereocenters. The Morgan fingerprint density at radius 1 is 1.24 bits per heavy atom. The first-order chi connectivity index (χ1) is 14.0. The van der Waals surface area contributed by atoms with Crippen LogP contribution >= 0.6 is 0 Å². The van der Waals surface area contributed by atoms with Crippen molar-refractivity contribution in [3.63, 3.8) is 0 Å². The Kier molecular flexibility index (Phi) is 5.49. The Hall–Kier alpha value is -2.93. The zero-order chi connectivity index (χ0) is 20.4. The molecule has 0 radical (unpaired) electrons. The summed E-state index contributed by atoms with van der Waals surface area (Å²) in [5, 5.41) is 14.8. The minimum absolute atomic E-state index is 0.0666. The van der Waals surface area contributed by atoms with Crippen molar-refractivity contribution >= 4 is 11.7 Å². The molecular weight excluding hydrogens is 364 g/mol. The van der Waals surface area contributed by atoms with E-state index in [0.717, 1.165) is 44.0 Å². The highest BCUT2D eigenvalue weighted by Gasteiger charge is 2.24. The van der Waals surface area contributed by atoms with Gasteiger partial charge < -0.3 is 5.32 Å². The lowest BCUT2D eigenvalue weighted by Gasteiger charge is -2.32. The number of rotatable bonds is 5. The van der Waals surface area contributed by atoms with Crippen LogP contribution in [0.1, 0.15) is 42.5 Å². The van der Waals surface area contributed by atoms with Crippen LogP contribution < -0.4 is 5.32 Å². The van der Waals surface area contributed by atoms with E-state index in [0.29, 0.717) is 6.04 Å². The van der Waals surface area contributed by atoms with Crippen LogP contribution in [0.3, 0.4) is 0 Å². The largest absolute Gasteiger partial charge is 0.311 e. The predicted molar refractivity (Wildman–Crippen MR) is 114 cm³/mol. The lowest BCUT2D eigenvalue weighted by Crippen LogP contribution is -2.35. The number of hydrogen-bond acceptors (Lipinski definition) is 4. The van der Waals surface area contributed by atoms with E-state index >= 15 is 0 Å². The summed E-state index contributed by atoms with van der Waals surface area (Å²) >= 11 is 0. The summed E-state index contributed by atoms with van der Waals surface area (Å²) in [6.45, 7) is 8.64. The summed E-state index contributed by atoms with van der Waals surface area (Å²) in [6, 6.07) is 8.70. The Labute approximate surface area is 171 Å². The third kappa shape index (κ3) is 4.24. The lowest BCUT2D eigenvalue weighted by molar-refractivity contribution is -0.114. The van der Waals surface area contributed by atoms with Gasteiger partial charge >= 0.3 is 0 Å². The normalized spacial score (nSPS) is 15.6. The SMILES string of the molecule is CC(=O)Nc1ccnn1C1CCN(Cc2cn[nH]c2-c2cc(C)ccc2C)CC1. The predicted octanol–water partition coefficient (Wildman–Crippen LogP) is 3.69. The number of likely N-dealkylation sites (tertiary alicyclic amines) is 1. The number of carbonyl (C=O) groups is 1. The molecular formula is C22H28N6O. The number of aromatic amines is 1. The molecule has 0 spiro atoms. The summed E-state index contributed by atoms with van der Waals surface area (Å²) in [6.07, 6.45) is 5.71. The Balaban J connectivity index is 1.43. The molecule has 7 nitrogen and oxygen atoms in total. The molecule has 4 rings (SSSR count). The number of aromatic nitrogens is 4. The van der Waals surface area contributed by atoms with Crippen LogP contribution in [0.5, 0.6) is 0 Å². The van der Waals surface area contributed by atoms with Gasteiger partial charge in [0.25, 0.3) is 0 Å². The molecule has 1 amide bonds. The zero-order valence-electron chi connectivity index (χ0n) is 17.3. The van der Waals surface area contributed by atoms with E-state index in [9.17, 15) is 4.79 Å². The molecule has 152 valence electrons. The number of anilines is 1. The molecule has 3 aromatic rings. The number of amides is 1. The maximum absolute atomic E-state index is 11.4. The lowest BCUT2D eigenvalue weighted by atomic mass is 9.99. The minimum atomic E-state index is -0.0666. The average Bonchev–Trinajstić information content (AvgIpc) is 3.33. The molecule has 0 bridgehead atoms. The van der Waals surface area contributed by atoms with Crippen LogP contribution in [0, 0.1) is 13.8 Å². The van der Waals surface area contributed by atoms with Gasteiger partial charge in [0.1, 0.15) is 5.82 Å². The number of nitrogens with zero attached hydrogens (tertiary/aromatic N) is 4. The van der Waals surface area contributed by atoms with Crippen LogP contribution in [0.25, 0.3) is 11.3 Å². The van der Waals surface area contributed by atoms with Gasteiger partial charge in [-0.15, -0.1) is 0 Å². The second-order valence-corrected chi connectivity index (χ2v) is 7.94. The third-order valence-electron chi connectivity index (χ3n) is 5.65. The first-order valence-corrected chi connectivity index (χ1v) is 10.1. The van der Waals surface area contributed by atoms with E-state index in [-0.39, 0.29) is 5.91 Å². The number of aryl methyl sites for hydroxylation is 2. The first-order valence-electron chi connectivity index (χ1n) is 10.1. The molecule has 2 aromatic heterocycles. The average molecular weight is 393 g/mol. The van der Waals surface area contributed by atoms with E-state index in [2.05, 4.69) is 57.6 Å². The Bertz CT molecular complexity index is 996. The monoisotopic (exact) mass is 392 g/mol. The topological polar surface area (TPSA) is 78.8 Å². The number of piperidine rings is 1. The summed E-state index contributed by atoms with van der Waals surface area (Å²) in [7, 11) is 0. The quantitative estimate of drug-likeness (QED) is 0.694. The maximum atomic E-state index is 11.4. The molecule has 1 saturated heterocycles. The van der Waals surface area contributed by atoms with Crippen molar-refractivity contribution in [2.75, 3.05) is 18.4 Å². The molecule has 2 N–H and O–H groups in total. The van der Waals surface area contributed by atoms with Gasteiger partial charge in [-0.3, -0.25) is 14.8 Å². The summed E-state index contributed by atoms with van der Waals surface area (Å²) in [5.74, 6) is 0.714. The van der Waals surface area contributed by atoms with E-state index < -0.39 is 0 Å². The molecule has 0 aliphatic carbocycles. The molecule has 0 unspecified atom stereocenters. The highest BCUT2D eigenvalue weighted by molar-refractivity contribution is 5.87. The second-order valence-electron chi connectivity index (χ2n) is 7.94. The van der Waals surface area contributed by atoms with E-state index in [4.69, 9.17) is 0 Å². The Morgan fingerprint density at radius 2 is 2.03 bits per heavy atom. The van der Waals surface area contributed by atoms with Crippen LogP contribution in [-0.2, 0) is 11.3 Å². The van der Waals surface area contributed by atoms with Crippen molar-refractivity contribution in [1.29, 1.82) is 0 Å². The minimum Gasteiger partial charge on any atom is -0.311 e. The standard InChI is InChI=1S/C22H28N6O/c1-15-4-5-16(2)20(12-15)22-18(13-23-26-22)14-27-10-7-19(8-11-27)28-21(6-9-24-28)25-17(3)29/h4-6,9,12-13,19H,7-8,10-11,14H2,1-3H3,(H,23,26)(H,25,29). The fraction of sp³-hybridized carbons (Fsp3) is 0.409. The fourth-order valence-electron chi connectivity index (χ4n) is 4.12. The molecule has 1 aliphatic rings. The zero-order valence-corrected chi connectivity index (χ0v) is 17.3. The summed E-state index contributed by atoms with van der Waals surface area (Å²) in [4.78, 5) is 13.9. The van der Waals surface area contributed by atoms with Gasteiger partial charge in [-0.1, -0.05) is 17.7 Å². The number of nitrogens with one attached hydrogen (secondary N) is 2. The highest BCUT2D eigenvalue weighted by atomic mass is 16.1. The van der Waals surface area contributed by atoms with Crippen molar-refractivity contribution in [2.24, 2.45) is 0 Å². The molecule has 1 aromatic carbocycles. The third-order valence-corrected chi connectivity index (χ3v) is 5.65. The maximum Gasteiger partial charge on any atom is 0.222 e. The molecule has 7 heteroatoms. The van der Waals surface area contributed by atoms with Crippen LogP contribution in [0.4, 0.5) is 5.82 Å². The van der Waals surface area contributed by atoms with Crippen molar-refractivity contribution in [2.45, 2.75) is 46.2 Å². The van der Waals surface area contributed by atoms with Crippen LogP contribution in [0.15, 0.2) is 36.7 Å². The Morgan fingerprint density at radius 3 is 2.79 bits per heavy atom. The van der Waals surface area contributed by atoms with Crippen molar-refractivity contribution in [3.8, 4) is 11.3 Å². The molecule has 0 saturated carbocycles. The summed E-state index contributed by atoms with van der Waals surface area (Å²) < 4.78 is 1.96. The smallest absolute Gasteiger partial charge is 0.222 e. The number of H-pyrrole nitrogens is 1. The van der Waals surface area contributed by atoms with Gasteiger partial charge in [0.15, 0.2) is 0 Å². The van der Waals surface area contributed by atoms with Gasteiger partial charge in [-0.25, -0.2) is 4.68 Å². The van der Waals surface area contributed by atoms with Gasteiger partial charge in [-0.05, 0) is 38.3 Å².